The molecule has 5 nitrogen and oxygen atoms in total. The lowest BCUT2D eigenvalue weighted by atomic mass is 10.1. The molecule has 1 aromatic rings. The summed E-state index contributed by atoms with van der Waals surface area (Å²) in [4.78, 5) is 10.5. The van der Waals surface area contributed by atoms with Gasteiger partial charge in [0.15, 0.2) is 5.69 Å². The Morgan fingerprint density at radius 1 is 1.47 bits per heavy atom. The lowest BCUT2D eigenvalue weighted by Gasteiger charge is -2.17. The molecule has 1 unspecified atom stereocenters. The minimum atomic E-state index is 0.288. The number of nitrogens with zero attached hydrogens (tertiary/aromatic N) is 4. The van der Waals surface area contributed by atoms with Gasteiger partial charge in [0.25, 0.3) is 0 Å². The third-order valence-corrected chi connectivity index (χ3v) is 3.27. The van der Waals surface area contributed by atoms with E-state index in [1.165, 1.54) is 6.20 Å². The molecule has 0 amide bonds. The van der Waals surface area contributed by atoms with Gasteiger partial charge < -0.3 is 9.64 Å². The normalized spacial score (nSPS) is 18.8. The number of nitriles is 1. The second-order valence-corrected chi connectivity index (χ2v) is 5.28. The van der Waals surface area contributed by atoms with Gasteiger partial charge in [-0.2, -0.15) is 5.26 Å². The summed E-state index contributed by atoms with van der Waals surface area (Å²) >= 11 is 0. The van der Waals surface area contributed by atoms with E-state index in [1.54, 1.807) is 6.20 Å². The quantitative estimate of drug-likeness (QED) is 0.810. The molecule has 0 radical (unpaired) electrons. The van der Waals surface area contributed by atoms with Crippen LogP contribution in [0.4, 0.5) is 5.82 Å². The molecular weight excluding hydrogens is 240 g/mol. The second kappa shape index (κ2) is 6.48. The van der Waals surface area contributed by atoms with E-state index in [9.17, 15) is 0 Å². The number of anilines is 1. The number of hydrogen-bond acceptors (Lipinski definition) is 5. The summed E-state index contributed by atoms with van der Waals surface area (Å²) in [7, 11) is 0. The summed E-state index contributed by atoms with van der Waals surface area (Å²) in [6, 6.07) is 1.98. The van der Waals surface area contributed by atoms with Crippen molar-refractivity contribution in [1.29, 1.82) is 5.26 Å². The monoisotopic (exact) mass is 260 g/mol. The number of rotatable bonds is 5. The minimum Gasteiger partial charge on any atom is -0.376 e. The Labute approximate surface area is 114 Å². The van der Waals surface area contributed by atoms with Crippen molar-refractivity contribution < 1.29 is 4.74 Å². The first kappa shape index (κ1) is 13.8. The van der Waals surface area contributed by atoms with Gasteiger partial charge in [-0.05, 0) is 18.8 Å². The van der Waals surface area contributed by atoms with E-state index < -0.39 is 0 Å². The minimum absolute atomic E-state index is 0.288. The van der Waals surface area contributed by atoms with Crippen LogP contribution in [-0.2, 0) is 4.74 Å². The maximum Gasteiger partial charge on any atom is 0.158 e. The Kier molecular flexibility index (Phi) is 4.69. The molecule has 1 fully saturated rings. The Balaban J connectivity index is 1.82. The molecule has 2 heterocycles. The van der Waals surface area contributed by atoms with E-state index in [4.69, 9.17) is 10.00 Å². The van der Waals surface area contributed by atoms with Crippen molar-refractivity contribution in [2.75, 3.05) is 24.6 Å². The molecule has 1 saturated heterocycles. The van der Waals surface area contributed by atoms with Gasteiger partial charge in [-0.15, -0.1) is 0 Å². The van der Waals surface area contributed by atoms with Crippen LogP contribution >= 0.6 is 0 Å². The average Bonchev–Trinajstić information content (AvgIpc) is 2.87. The van der Waals surface area contributed by atoms with E-state index in [0.717, 1.165) is 38.4 Å². The molecule has 0 aromatic carbocycles. The maximum atomic E-state index is 8.69. The van der Waals surface area contributed by atoms with Crippen LogP contribution in [0.5, 0.6) is 0 Å². The number of hydrogen-bond donors (Lipinski definition) is 0. The zero-order chi connectivity index (χ0) is 13.7. The highest BCUT2D eigenvalue weighted by atomic mass is 16.5. The van der Waals surface area contributed by atoms with E-state index >= 15 is 0 Å². The Morgan fingerprint density at radius 3 is 2.95 bits per heavy atom. The highest BCUT2D eigenvalue weighted by molar-refractivity contribution is 5.38. The van der Waals surface area contributed by atoms with Crippen molar-refractivity contribution in [3.8, 4) is 6.07 Å². The zero-order valence-corrected chi connectivity index (χ0v) is 11.5. The fraction of sp³-hybridized carbons (Fsp3) is 0.643. The molecule has 1 atom stereocenters. The van der Waals surface area contributed by atoms with E-state index in [2.05, 4.69) is 28.7 Å². The first-order valence-electron chi connectivity index (χ1n) is 6.77. The van der Waals surface area contributed by atoms with Crippen LogP contribution in [0.3, 0.4) is 0 Å². The highest BCUT2D eigenvalue weighted by Crippen LogP contribution is 2.19. The van der Waals surface area contributed by atoms with Crippen molar-refractivity contribution in [1.82, 2.24) is 9.97 Å². The van der Waals surface area contributed by atoms with Gasteiger partial charge in [-0.1, -0.05) is 13.8 Å². The molecule has 0 saturated carbocycles. The van der Waals surface area contributed by atoms with Gasteiger partial charge in [0.1, 0.15) is 11.9 Å². The Bertz CT molecular complexity index is 438. The third kappa shape index (κ3) is 3.90. The smallest absolute Gasteiger partial charge is 0.158 e. The highest BCUT2D eigenvalue weighted by Gasteiger charge is 2.24. The van der Waals surface area contributed by atoms with Crippen molar-refractivity contribution in [2.24, 2.45) is 5.92 Å². The van der Waals surface area contributed by atoms with Crippen LogP contribution in [0.25, 0.3) is 0 Å². The van der Waals surface area contributed by atoms with Crippen molar-refractivity contribution >= 4 is 5.82 Å². The molecule has 2 rings (SSSR count). The summed E-state index contributed by atoms with van der Waals surface area (Å²) in [5, 5.41) is 8.69. The van der Waals surface area contributed by atoms with Gasteiger partial charge in [0.2, 0.25) is 0 Å². The Morgan fingerprint density at radius 2 is 2.32 bits per heavy atom. The van der Waals surface area contributed by atoms with E-state index in [1.807, 2.05) is 6.07 Å². The van der Waals surface area contributed by atoms with Crippen LogP contribution in [0, 0.1) is 17.2 Å². The molecule has 0 N–H and O–H groups in total. The molecule has 1 aliphatic heterocycles. The standard InChI is InChI=1S/C14H20N4O/c1-11(2)4-6-19-13-3-5-18(10-13)14-9-16-12(7-15)8-17-14/h8-9,11,13H,3-6,10H2,1-2H3. The zero-order valence-electron chi connectivity index (χ0n) is 11.5. The molecule has 0 spiro atoms. The molecule has 5 heteroatoms. The summed E-state index contributed by atoms with van der Waals surface area (Å²) < 4.78 is 5.87. The fourth-order valence-corrected chi connectivity index (χ4v) is 2.08. The molecule has 0 bridgehead atoms. The SMILES string of the molecule is CC(C)CCOC1CCN(c2cnc(C#N)cn2)C1. The first-order valence-corrected chi connectivity index (χ1v) is 6.77. The molecule has 19 heavy (non-hydrogen) atoms. The van der Waals surface area contributed by atoms with Crippen molar-refractivity contribution in [3.63, 3.8) is 0 Å². The lowest BCUT2D eigenvalue weighted by molar-refractivity contribution is 0.0609. The van der Waals surface area contributed by atoms with Crippen LogP contribution < -0.4 is 4.90 Å². The summed E-state index contributed by atoms with van der Waals surface area (Å²) in [5.41, 5.74) is 0.354. The number of aromatic nitrogens is 2. The molecular formula is C14H20N4O. The predicted octanol–water partition coefficient (Wildman–Crippen LogP) is 1.99. The van der Waals surface area contributed by atoms with Gasteiger partial charge in [0, 0.05) is 19.7 Å². The van der Waals surface area contributed by atoms with Crippen LogP contribution in [-0.4, -0.2) is 35.8 Å². The van der Waals surface area contributed by atoms with Crippen LogP contribution in [0.2, 0.25) is 0 Å². The summed E-state index contributed by atoms with van der Waals surface area (Å²) in [6.07, 6.45) is 5.60. The van der Waals surface area contributed by atoms with Gasteiger partial charge >= 0.3 is 0 Å². The molecule has 102 valence electrons. The third-order valence-electron chi connectivity index (χ3n) is 3.27. The Hall–Kier alpha value is -1.67. The lowest BCUT2D eigenvalue weighted by Crippen LogP contribution is -2.24. The summed E-state index contributed by atoms with van der Waals surface area (Å²) in [6.45, 7) is 7.04. The van der Waals surface area contributed by atoms with Crippen molar-refractivity contribution in [3.05, 3.63) is 18.1 Å². The van der Waals surface area contributed by atoms with Gasteiger partial charge in [0.05, 0.1) is 18.5 Å². The first-order chi connectivity index (χ1) is 9.19. The molecule has 0 aliphatic carbocycles. The summed E-state index contributed by atoms with van der Waals surface area (Å²) in [5.74, 6) is 1.51. The number of ether oxygens (including phenoxy) is 1. The largest absolute Gasteiger partial charge is 0.376 e. The fourth-order valence-electron chi connectivity index (χ4n) is 2.08. The molecule has 1 aromatic heterocycles. The van der Waals surface area contributed by atoms with Crippen LogP contribution in [0.15, 0.2) is 12.4 Å². The van der Waals surface area contributed by atoms with E-state index in [-0.39, 0.29) is 6.10 Å². The van der Waals surface area contributed by atoms with Crippen molar-refractivity contribution in [2.45, 2.75) is 32.8 Å². The maximum absolute atomic E-state index is 8.69. The van der Waals surface area contributed by atoms with Crippen LogP contribution in [0.1, 0.15) is 32.4 Å². The topological polar surface area (TPSA) is 62.0 Å². The predicted molar refractivity (Wildman–Crippen MR) is 72.8 cm³/mol. The van der Waals surface area contributed by atoms with E-state index in [0.29, 0.717) is 11.6 Å². The molecule has 1 aliphatic rings. The van der Waals surface area contributed by atoms with Gasteiger partial charge in [-0.25, -0.2) is 9.97 Å². The average molecular weight is 260 g/mol. The van der Waals surface area contributed by atoms with Gasteiger partial charge in [-0.3, -0.25) is 0 Å². The second-order valence-electron chi connectivity index (χ2n) is 5.28.